The predicted molar refractivity (Wildman–Crippen MR) is 105 cm³/mol. The molecule has 0 spiro atoms. The number of rotatable bonds is 10. The van der Waals surface area contributed by atoms with Gasteiger partial charge in [-0.2, -0.15) is 0 Å². The summed E-state index contributed by atoms with van der Waals surface area (Å²) < 4.78 is 10.5. The third kappa shape index (κ3) is 6.17. The van der Waals surface area contributed by atoms with Gasteiger partial charge in [0, 0.05) is 24.9 Å². The van der Waals surface area contributed by atoms with Crippen LogP contribution in [0.25, 0.3) is 0 Å². The molecule has 0 bridgehead atoms. The minimum Gasteiger partial charge on any atom is -0.491 e. The second-order valence-corrected chi connectivity index (χ2v) is 5.98. The maximum Gasteiger partial charge on any atom is 0.255 e. The standard InChI is InChI=1S/C21H28N2O3/c1-4-23(5-2)16-17-6-8-18(9-7-17)21(24)22-19-10-12-20(13-11-19)26-15-14-25-3/h6-13H,4-5,14-16H2,1-3H3,(H,22,24). The fourth-order valence-electron chi connectivity index (χ4n) is 2.55. The molecule has 0 atom stereocenters. The highest BCUT2D eigenvalue weighted by atomic mass is 16.5. The Balaban J connectivity index is 1.90. The third-order valence-electron chi connectivity index (χ3n) is 4.19. The lowest BCUT2D eigenvalue weighted by atomic mass is 10.1. The highest BCUT2D eigenvalue weighted by Crippen LogP contribution is 2.17. The van der Waals surface area contributed by atoms with Crippen molar-refractivity contribution < 1.29 is 14.3 Å². The van der Waals surface area contributed by atoms with E-state index in [0.29, 0.717) is 18.8 Å². The molecular weight excluding hydrogens is 328 g/mol. The average Bonchev–Trinajstić information content (AvgIpc) is 2.68. The van der Waals surface area contributed by atoms with E-state index in [1.54, 1.807) is 7.11 Å². The van der Waals surface area contributed by atoms with Crippen molar-refractivity contribution in [3.05, 3.63) is 59.7 Å². The van der Waals surface area contributed by atoms with Crippen LogP contribution in [0.4, 0.5) is 5.69 Å². The number of carbonyl (C=O) groups is 1. The van der Waals surface area contributed by atoms with Gasteiger partial charge in [-0.15, -0.1) is 0 Å². The lowest BCUT2D eigenvalue weighted by Crippen LogP contribution is -2.22. The molecule has 0 heterocycles. The van der Waals surface area contributed by atoms with E-state index in [1.807, 2.05) is 48.5 Å². The topological polar surface area (TPSA) is 50.8 Å². The molecule has 1 N–H and O–H groups in total. The molecule has 140 valence electrons. The number of nitrogens with one attached hydrogen (secondary N) is 1. The van der Waals surface area contributed by atoms with Gasteiger partial charge < -0.3 is 14.8 Å². The summed E-state index contributed by atoms with van der Waals surface area (Å²) in [6.45, 7) is 8.29. The van der Waals surface area contributed by atoms with Crippen molar-refractivity contribution in [2.24, 2.45) is 0 Å². The Bertz CT molecular complexity index is 665. The largest absolute Gasteiger partial charge is 0.491 e. The highest BCUT2D eigenvalue weighted by Gasteiger charge is 2.07. The summed E-state index contributed by atoms with van der Waals surface area (Å²) in [4.78, 5) is 14.7. The zero-order valence-corrected chi connectivity index (χ0v) is 15.8. The molecule has 0 fully saturated rings. The van der Waals surface area contributed by atoms with Gasteiger partial charge in [0.2, 0.25) is 0 Å². The Morgan fingerprint density at radius 1 is 0.962 bits per heavy atom. The molecule has 5 nitrogen and oxygen atoms in total. The Morgan fingerprint density at radius 2 is 1.62 bits per heavy atom. The number of methoxy groups -OCH3 is 1. The van der Waals surface area contributed by atoms with Gasteiger partial charge in [-0.3, -0.25) is 9.69 Å². The van der Waals surface area contributed by atoms with Gasteiger partial charge in [-0.1, -0.05) is 26.0 Å². The van der Waals surface area contributed by atoms with Crippen molar-refractivity contribution in [2.45, 2.75) is 20.4 Å². The number of amides is 1. The first kappa shape index (κ1) is 19.9. The second kappa shape index (κ2) is 10.6. The van der Waals surface area contributed by atoms with Gasteiger partial charge in [0.05, 0.1) is 6.61 Å². The van der Waals surface area contributed by atoms with Gasteiger partial charge in [0.25, 0.3) is 5.91 Å². The molecule has 0 aliphatic heterocycles. The lowest BCUT2D eigenvalue weighted by molar-refractivity contribution is 0.102. The van der Waals surface area contributed by atoms with Crippen LogP contribution in [-0.2, 0) is 11.3 Å². The average molecular weight is 356 g/mol. The van der Waals surface area contributed by atoms with Crippen LogP contribution in [0.5, 0.6) is 5.75 Å². The predicted octanol–water partition coefficient (Wildman–Crippen LogP) is 3.81. The number of benzene rings is 2. The lowest BCUT2D eigenvalue weighted by Gasteiger charge is -2.18. The van der Waals surface area contributed by atoms with Gasteiger partial charge in [-0.05, 0) is 55.1 Å². The number of nitrogens with zero attached hydrogens (tertiary/aromatic N) is 1. The van der Waals surface area contributed by atoms with E-state index in [1.165, 1.54) is 5.56 Å². The van der Waals surface area contributed by atoms with Crippen LogP contribution in [0.2, 0.25) is 0 Å². The first-order valence-electron chi connectivity index (χ1n) is 9.00. The van der Waals surface area contributed by atoms with Crippen LogP contribution in [0.1, 0.15) is 29.8 Å². The molecule has 2 rings (SSSR count). The van der Waals surface area contributed by atoms with Crippen molar-refractivity contribution >= 4 is 11.6 Å². The normalized spacial score (nSPS) is 10.8. The quantitative estimate of drug-likeness (QED) is 0.658. The molecule has 0 aliphatic carbocycles. The summed E-state index contributed by atoms with van der Waals surface area (Å²) in [5.74, 6) is 0.633. The minimum atomic E-state index is -0.118. The maximum absolute atomic E-state index is 12.4. The van der Waals surface area contributed by atoms with Crippen LogP contribution in [0, 0.1) is 0 Å². The summed E-state index contributed by atoms with van der Waals surface area (Å²) in [5, 5.41) is 2.91. The van der Waals surface area contributed by atoms with Crippen molar-refractivity contribution in [3.63, 3.8) is 0 Å². The number of ether oxygens (including phenoxy) is 2. The van der Waals surface area contributed by atoms with E-state index in [9.17, 15) is 4.79 Å². The summed E-state index contributed by atoms with van der Waals surface area (Å²) in [7, 11) is 1.64. The Morgan fingerprint density at radius 3 is 2.19 bits per heavy atom. The molecule has 2 aromatic carbocycles. The Hall–Kier alpha value is -2.37. The van der Waals surface area contributed by atoms with Gasteiger partial charge in [0.15, 0.2) is 0 Å². The fraction of sp³-hybridized carbons (Fsp3) is 0.381. The third-order valence-corrected chi connectivity index (χ3v) is 4.19. The van der Waals surface area contributed by atoms with Crippen LogP contribution < -0.4 is 10.1 Å². The SMILES string of the molecule is CCN(CC)Cc1ccc(C(=O)Nc2ccc(OCCOC)cc2)cc1. The van der Waals surface area contributed by atoms with E-state index >= 15 is 0 Å². The molecule has 0 aliphatic rings. The number of carbonyl (C=O) groups excluding carboxylic acids is 1. The van der Waals surface area contributed by atoms with Crippen LogP contribution in [0.3, 0.4) is 0 Å². The van der Waals surface area contributed by atoms with Crippen molar-refractivity contribution in [1.29, 1.82) is 0 Å². The van der Waals surface area contributed by atoms with Crippen molar-refractivity contribution in [1.82, 2.24) is 4.90 Å². The van der Waals surface area contributed by atoms with Crippen molar-refractivity contribution in [2.75, 3.05) is 38.7 Å². The zero-order valence-electron chi connectivity index (χ0n) is 15.8. The molecule has 0 saturated carbocycles. The van der Waals surface area contributed by atoms with E-state index < -0.39 is 0 Å². The molecule has 2 aromatic rings. The molecule has 5 heteroatoms. The maximum atomic E-state index is 12.4. The molecule has 0 aromatic heterocycles. The molecule has 1 amide bonds. The summed E-state index contributed by atoms with van der Waals surface area (Å²) in [6.07, 6.45) is 0. The minimum absolute atomic E-state index is 0.118. The number of hydrogen-bond acceptors (Lipinski definition) is 4. The monoisotopic (exact) mass is 356 g/mol. The Labute approximate surface area is 155 Å². The number of hydrogen-bond donors (Lipinski definition) is 1. The molecule has 0 unspecified atom stereocenters. The van der Waals surface area contributed by atoms with E-state index in [-0.39, 0.29) is 5.91 Å². The van der Waals surface area contributed by atoms with Crippen LogP contribution in [0.15, 0.2) is 48.5 Å². The first-order chi connectivity index (χ1) is 12.7. The summed E-state index contributed by atoms with van der Waals surface area (Å²) in [5.41, 5.74) is 2.60. The van der Waals surface area contributed by atoms with Gasteiger partial charge in [-0.25, -0.2) is 0 Å². The van der Waals surface area contributed by atoms with Crippen LogP contribution >= 0.6 is 0 Å². The highest BCUT2D eigenvalue weighted by molar-refractivity contribution is 6.04. The first-order valence-corrected chi connectivity index (χ1v) is 9.00. The molecule has 26 heavy (non-hydrogen) atoms. The zero-order chi connectivity index (χ0) is 18.8. The summed E-state index contributed by atoms with van der Waals surface area (Å²) >= 11 is 0. The Kier molecular flexibility index (Phi) is 8.12. The van der Waals surface area contributed by atoms with Gasteiger partial charge >= 0.3 is 0 Å². The molecular formula is C21H28N2O3. The summed E-state index contributed by atoms with van der Waals surface area (Å²) in [6, 6.07) is 15.1. The fourth-order valence-corrected chi connectivity index (χ4v) is 2.55. The van der Waals surface area contributed by atoms with E-state index in [4.69, 9.17) is 9.47 Å². The van der Waals surface area contributed by atoms with Gasteiger partial charge in [0.1, 0.15) is 12.4 Å². The van der Waals surface area contributed by atoms with Crippen LogP contribution in [-0.4, -0.2) is 44.2 Å². The molecule has 0 saturated heterocycles. The smallest absolute Gasteiger partial charge is 0.255 e. The number of anilines is 1. The second-order valence-electron chi connectivity index (χ2n) is 5.98. The molecule has 0 radical (unpaired) electrons. The van der Waals surface area contributed by atoms with E-state index in [2.05, 4.69) is 24.1 Å². The van der Waals surface area contributed by atoms with E-state index in [0.717, 1.165) is 31.1 Å². The van der Waals surface area contributed by atoms with Crippen molar-refractivity contribution in [3.8, 4) is 5.75 Å².